The average molecular weight is 242 g/mol. The van der Waals surface area contributed by atoms with E-state index in [2.05, 4.69) is 11.9 Å². The molecule has 3 heteroatoms. The summed E-state index contributed by atoms with van der Waals surface area (Å²) in [5, 5.41) is 8.77. The van der Waals surface area contributed by atoms with Crippen molar-refractivity contribution in [3.63, 3.8) is 0 Å². The summed E-state index contributed by atoms with van der Waals surface area (Å²) in [5.41, 5.74) is 5.92. The molecule has 102 valence electrons. The number of nitrogens with zero attached hydrogens (tertiary/aromatic N) is 1. The van der Waals surface area contributed by atoms with E-state index in [-0.39, 0.29) is 0 Å². The molecule has 1 aliphatic rings. The molecule has 0 saturated heterocycles. The minimum absolute atomic E-state index is 0.332. The highest BCUT2D eigenvalue weighted by Crippen LogP contribution is 2.26. The molecule has 1 rings (SSSR count). The van der Waals surface area contributed by atoms with Crippen LogP contribution in [0.25, 0.3) is 0 Å². The Balaban J connectivity index is 2.32. The predicted octanol–water partition coefficient (Wildman–Crippen LogP) is 1.99. The van der Waals surface area contributed by atoms with Gasteiger partial charge in [0.05, 0.1) is 0 Å². The lowest BCUT2D eigenvalue weighted by Gasteiger charge is -2.33. The number of hydrogen-bond donors (Lipinski definition) is 2. The summed E-state index contributed by atoms with van der Waals surface area (Å²) < 4.78 is 0. The van der Waals surface area contributed by atoms with E-state index >= 15 is 0 Å². The Morgan fingerprint density at radius 3 is 2.59 bits per heavy atom. The van der Waals surface area contributed by atoms with E-state index < -0.39 is 0 Å². The lowest BCUT2D eigenvalue weighted by atomic mass is 9.93. The van der Waals surface area contributed by atoms with E-state index in [4.69, 9.17) is 10.8 Å². The van der Waals surface area contributed by atoms with Crippen LogP contribution in [0.1, 0.15) is 51.4 Å². The molecule has 0 bridgehead atoms. The zero-order valence-electron chi connectivity index (χ0n) is 11.4. The molecule has 0 spiro atoms. The van der Waals surface area contributed by atoms with Crippen molar-refractivity contribution in [2.75, 3.05) is 26.7 Å². The second-order valence-corrected chi connectivity index (χ2v) is 5.47. The lowest BCUT2D eigenvalue weighted by molar-refractivity contribution is 0.164. The van der Waals surface area contributed by atoms with E-state index in [0.29, 0.717) is 18.6 Å². The van der Waals surface area contributed by atoms with Crippen LogP contribution in [0, 0.1) is 5.92 Å². The number of rotatable bonds is 7. The summed E-state index contributed by atoms with van der Waals surface area (Å²) in [6, 6.07) is 0.691. The van der Waals surface area contributed by atoms with Gasteiger partial charge in [-0.1, -0.05) is 19.3 Å². The second-order valence-electron chi connectivity index (χ2n) is 5.47. The largest absolute Gasteiger partial charge is 0.396 e. The Labute approximate surface area is 106 Å². The number of hydrogen-bond acceptors (Lipinski definition) is 3. The van der Waals surface area contributed by atoms with E-state index in [9.17, 15) is 0 Å². The fourth-order valence-electron chi connectivity index (χ4n) is 3.04. The van der Waals surface area contributed by atoms with Gasteiger partial charge in [0, 0.05) is 12.6 Å². The lowest BCUT2D eigenvalue weighted by Crippen LogP contribution is -2.41. The molecule has 2 atom stereocenters. The summed E-state index contributed by atoms with van der Waals surface area (Å²) >= 11 is 0. The molecule has 0 aliphatic heterocycles. The van der Waals surface area contributed by atoms with Gasteiger partial charge in [-0.25, -0.2) is 0 Å². The molecule has 0 radical (unpaired) electrons. The van der Waals surface area contributed by atoms with Gasteiger partial charge >= 0.3 is 0 Å². The molecule has 3 nitrogen and oxygen atoms in total. The Morgan fingerprint density at radius 1 is 1.12 bits per heavy atom. The van der Waals surface area contributed by atoms with Crippen LogP contribution >= 0.6 is 0 Å². The molecule has 1 fully saturated rings. The van der Waals surface area contributed by atoms with E-state index in [1.165, 1.54) is 38.5 Å². The summed E-state index contributed by atoms with van der Waals surface area (Å²) in [5.74, 6) is 0.695. The quantitative estimate of drug-likeness (QED) is 0.530. The van der Waals surface area contributed by atoms with E-state index in [1.54, 1.807) is 0 Å². The minimum Gasteiger partial charge on any atom is -0.396 e. The van der Waals surface area contributed by atoms with Crippen molar-refractivity contribution in [1.82, 2.24) is 4.90 Å². The molecule has 0 aromatic rings. The van der Waals surface area contributed by atoms with Gasteiger partial charge in [0.15, 0.2) is 0 Å². The van der Waals surface area contributed by atoms with Crippen molar-refractivity contribution in [2.24, 2.45) is 11.7 Å². The molecular formula is C14H30N2O. The van der Waals surface area contributed by atoms with Crippen LogP contribution in [0.15, 0.2) is 0 Å². The Kier molecular flexibility index (Phi) is 7.82. The first-order valence-electron chi connectivity index (χ1n) is 7.30. The highest BCUT2D eigenvalue weighted by atomic mass is 16.2. The van der Waals surface area contributed by atoms with Crippen LogP contribution in [0.4, 0.5) is 0 Å². The van der Waals surface area contributed by atoms with E-state index in [1.807, 2.05) is 0 Å². The third-order valence-electron chi connectivity index (χ3n) is 4.16. The van der Waals surface area contributed by atoms with Gasteiger partial charge in [0.25, 0.3) is 0 Å². The summed E-state index contributed by atoms with van der Waals surface area (Å²) in [4.78, 5) is 2.51. The fourth-order valence-corrected chi connectivity index (χ4v) is 3.04. The topological polar surface area (TPSA) is 49.5 Å². The molecule has 17 heavy (non-hydrogen) atoms. The molecule has 0 aromatic heterocycles. The van der Waals surface area contributed by atoms with Crippen LogP contribution in [0.3, 0.4) is 0 Å². The third kappa shape index (κ3) is 5.36. The Hall–Kier alpha value is -0.120. The standard InChI is InChI=1S/C14H30N2O/c1-16(10-6-3-7-11-17)14-9-5-2-4-8-13(14)12-15/h13-14,17H,2-12,15H2,1H3. The normalized spacial score (nSPS) is 26.1. The molecule has 1 saturated carbocycles. The van der Waals surface area contributed by atoms with Gasteiger partial charge in [0.2, 0.25) is 0 Å². The van der Waals surface area contributed by atoms with Crippen molar-refractivity contribution in [3.8, 4) is 0 Å². The number of aliphatic hydroxyl groups excluding tert-OH is 1. The van der Waals surface area contributed by atoms with Gasteiger partial charge in [-0.15, -0.1) is 0 Å². The predicted molar refractivity (Wildman–Crippen MR) is 73.0 cm³/mol. The molecular weight excluding hydrogens is 212 g/mol. The summed E-state index contributed by atoms with van der Waals surface area (Å²) in [7, 11) is 2.25. The van der Waals surface area contributed by atoms with Gasteiger partial charge in [-0.05, 0) is 58.2 Å². The first-order valence-corrected chi connectivity index (χ1v) is 7.30. The van der Waals surface area contributed by atoms with Crippen LogP contribution in [0.5, 0.6) is 0 Å². The molecule has 0 aromatic carbocycles. The van der Waals surface area contributed by atoms with Gasteiger partial charge < -0.3 is 15.7 Å². The van der Waals surface area contributed by atoms with Crippen LogP contribution in [0.2, 0.25) is 0 Å². The molecule has 3 N–H and O–H groups in total. The van der Waals surface area contributed by atoms with Gasteiger partial charge in [-0.2, -0.15) is 0 Å². The monoisotopic (exact) mass is 242 g/mol. The fraction of sp³-hybridized carbons (Fsp3) is 1.00. The summed E-state index contributed by atoms with van der Waals surface area (Å²) in [6.45, 7) is 2.32. The maximum atomic E-state index is 8.77. The number of nitrogens with two attached hydrogens (primary N) is 1. The second kappa shape index (κ2) is 8.90. The molecule has 0 heterocycles. The number of unbranched alkanes of at least 4 members (excludes halogenated alkanes) is 2. The first-order chi connectivity index (χ1) is 8.29. The summed E-state index contributed by atoms with van der Waals surface area (Å²) in [6.07, 6.45) is 10.0. The first kappa shape index (κ1) is 14.9. The zero-order valence-corrected chi connectivity index (χ0v) is 11.4. The SMILES string of the molecule is CN(CCCCCO)C1CCCCCC1CN. The molecule has 0 amide bonds. The van der Waals surface area contributed by atoms with E-state index in [0.717, 1.165) is 25.9 Å². The molecule has 2 unspecified atom stereocenters. The smallest absolute Gasteiger partial charge is 0.0431 e. The van der Waals surface area contributed by atoms with Crippen LogP contribution in [-0.2, 0) is 0 Å². The average Bonchev–Trinajstić information content (AvgIpc) is 2.59. The van der Waals surface area contributed by atoms with Gasteiger partial charge in [0.1, 0.15) is 0 Å². The van der Waals surface area contributed by atoms with Crippen molar-refractivity contribution in [2.45, 2.75) is 57.4 Å². The van der Waals surface area contributed by atoms with Gasteiger partial charge in [-0.3, -0.25) is 0 Å². The third-order valence-corrected chi connectivity index (χ3v) is 4.16. The van der Waals surface area contributed by atoms with Crippen molar-refractivity contribution in [1.29, 1.82) is 0 Å². The van der Waals surface area contributed by atoms with Crippen LogP contribution < -0.4 is 5.73 Å². The Bertz CT molecular complexity index is 187. The highest BCUT2D eigenvalue weighted by molar-refractivity contribution is 4.81. The van der Waals surface area contributed by atoms with Crippen molar-refractivity contribution >= 4 is 0 Å². The van der Waals surface area contributed by atoms with Crippen LogP contribution in [-0.4, -0.2) is 42.8 Å². The highest BCUT2D eigenvalue weighted by Gasteiger charge is 2.25. The maximum absolute atomic E-state index is 8.77. The number of aliphatic hydroxyl groups is 1. The maximum Gasteiger partial charge on any atom is 0.0431 e. The zero-order chi connectivity index (χ0) is 12.5. The Morgan fingerprint density at radius 2 is 1.88 bits per heavy atom. The minimum atomic E-state index is 0.332. The molecule has 1 aliphatic carbocycles. The van der Waals surface area contributed by atoms with Crippen molar-refractivity contribution < 1.29 is 5.11 Å². The van der Waals surface area contributed by atoms with Crippen molar-refractivity contribution in [3.05, 3.63) is 0 Å².